The summed E-state index contributed by atoms with van der Waals surface area (Å²) in [7, 11) is 1.97. The van der Waals surface area contributed by atoms with Gasteiger partial charge < -0.3 is 39.4 Å². The van der Waals surface area contributed by atoms with Crippen molar-refractivity contribution in [3.05, 3.63) is 77.5 Å². The summed E-state index contributed by atoms with van der Waals surface area (Å²) < 4.78 is 63.0. The molecular formula is C43H56F3N7O7. The topological polar surface area (TPSA) is 160 Å². The van der Waals surface area contributed by atoms with Crippen LogP contribution in [0.3, 0.4) is 0 Å². The van der Waals surface area contributed by atoms with Gasteiger partial charge in [0.25, 0.3) is 11.8 Å². The first kappa shape index (κ1) is 46.0. The second-order valence-corrected chi connectivity index (χ2v) is 15.8. The van der Waals surface area contributed by atoms with E-state index in [2.05, 4.69) is 25.5 Å². The molecule has 0 bridgehead atoms. The Morgan fingerprint density at radius 2 is 1.58 bits per heavy atom. The number of piperidine rings is 1. The summed E-state index contributed by atoms with van der Waals surface area (Å²) in [5, 5.41) is 18.3. The van der Waals surface area contributed by atoms with Crippen LogP contribution in [0.4, 0.5) is 30.4 Å². The lowest BCUT2D eigenvalue weighted by atomic mass is 10.1. The number of rotatable bonds is 22. The van der Waals surface area contributed by atoms with E-state index in [1.807, 2.05) is 40.0 Å². The van der Waals surface area contributed by atoms with Crippen molar-refractivity contribution in [3.8, 4) is 5.69 Å². The monoisotopic (exact) mass is 839 g/mol. The molecule has 2 heterocycles. The van der Waals surface area contributed by atoms with Gasteiger partial charge in [0.1, 0.15) is 5.60 Å². The number of amides is 2. The Hall–Kier alpha value is -5.10. The van der Waals surface area contributed by atoms with Gasteiger partial charge in [-0.25, -0.2) is 4.68 Å². The number of ether oxygens (including phenoxy) is 4. The summed E-state index contributed by atoms with van der Waals surface area (Å²) in [4.78, 5) is 43.0. The van der Waals surface area contributed by atoms with E-state index in [-0.39, 0.29) is 59.8 Å². The van der Waals surface area contributed by atoms with Crippen molar-refractivity contribution >= 4 is 40.7 Å². The summed E-state index contributed by atoms with van der Waals surface area (Å²) in [5.41, 5.74) is 1.03. The largest absolute Gasteiger partial charge is 0.460 e. The summed E-state index contributed by atoms with van der Waals surface area (Å²) in [5.74, 6) is -1.40. The molecule has 1 aliphatic carbocycles. The molecule has 60 heavy (non-hydrogen) atoms. The Morgan fingerprint density at radius 1 is 0.883 bits per heavy atom. The van der Waals surface area contributed by atoms with E-state index < -0.39 is 29.2 Å². The molecule has 1 fully saturated rings. The van der Waals surface area contributed by atoms with Gasteiger partial charge in [0.2, 0.25) is 0 Å². The van der Waals surface area contributed by atoms with E-state index in [0.29, 0.717) is 46.1 Å². The standard InChI is InChI=1S/C43H56F3N7O7/c1-42(2,3)60-39(54)14-19-57-21-23-59-24-22-58-20-18-51(4)29-31-25-30(31)26-36(47)41(56)48-37-12-11-33(52-15-6-5-7-16-52)28-35(37)40(55)49-38-13-17-53(50-38)34-10-8-9-32(27-34)43(44,45)46/h8-13,17,25,27-28,30,47H,5-7,14-16,18-24,26,29H2,1-4H3,(H,48,56)(H,49,50,55). The van der Waals surface area contributed by atoms with Crippen LogP contribution in [-0.2, 0) is 34.7 Å². The smallest absolute Gasteiger partial charge is 0.416 e. The first-order valence-corrected chi connectivity index (χ1v) is 20.2. The molecular weight excluding hydrogens is 784 g/mol. The number of allylic oxidation sites excluding steroid dienone is 1. The molecule has 1 saturated heterocycles. The van der Waals surface area contributed by atoms with E-state index in [9.17, 15) is 27.6 Å². The van der Waals surface area contributed by atoms with Crippen LogP contribution in [0, 0.1) is 11.3 Å². The first-order valence-electron chi connectivity index (χ1n) is 20.2. The Balaban J connectivity index is 1.04. The molecule has 326 valence electrons. The number of esters is 1. The maximum atomic E-state index is 13.7. The minimum Gasteiger partial charge on any atom is -0.460 e. The van der Waals surface area contributed by atoms with Crippen LogP contribution in [0.5, 0.6) is 0 Å². The van der Waals surface area contributed by atoms with Gasteiger partial charge in [0.05, 0.1) is 74.3 Å². The van der Waals surface area contributed by atoms with Crippen LogP contribution < -0.4 is 15.5 Å². The molecule has 3 aromatic rings. The summed E-state index contributed by atoms with van der Waals surface area (Å²) >= 11 is 0. The maximum absolute atomic E-state index is 13.7. The molecule has 2 aliphatic rings. The van der Waals surface area contributed by atoms with E-state index in [4.69, 9.17) is 24.4 Å². The second kappa shape index (κ2) is 21.4. The molecule has 1 aliphatic heterocycles. The number of carbonyl (C=O) groups is 3. The molecule has 3 N–H and O–H groups in total. The maximum Gasteiger partial charge on any atom is 0.416 e. The number of nitrogens with one attached hydrogen (secondary N) is 3. The first-order chi connectivity index (χ1) is 28.6. The third kappa shape index (κ3) is 14.9. The van der Waals surface area contributed by atoms with Crippen LogP contribution >= 0.6 is 0 Å². The quantitative estimate of drug-likeness (QED) is 0.0428. The summed E-state index contributed by atoms with van der Waals surface area (Å²) in [6.45, 7) is 10.9. The molecule has 1 unspecified atom stereocenters. The number of anilines is 3. The zero-order valence-corrected chi connectivity index (χ0v) is 34.7. The van der Waals surface area contributed by atoms with Crippen LogP contribution in [0.1, 0.15) is 68.8 Å². The number of hydrogen-bond donors (Lipinski definition) is 3. The Morgan fingerprint density at radius 3 is 2.28 bits per heavy atom. The molecule has 17 heteroatoms. The lowest BCUT2D eigenvalue weighted by molar-refractivity contribution is -0.156. The minimum absolute atomic E-state index is 0.0115. The lowest BCUT2D eigenvalue weighted by Gasteiger charge is -2.29. The van der Waals surface area contributed by atoms with Crippen LogP contribution in [0.25, 0.3) is 5.69 Å². The van der Waals surface area contributed by atoms with Crippen LogP contribution in [0.15, 0.2) is 66.4 Å². The molecule has 14 nitrogen and oxygen atoms in total. The summed E-state index contributed by atoms with van der Waals surface area (Å²) in [6, 6.07) is 11.4. The zero-order valence-electron chi connectivity index (χ0n) is 34.7. The molecule has 0 spiro atoms. The minimum atomic E-state index is -4.52. The third-order valence-electron chi connectivity index (χ3n) is 9.65. The van der Waals surface area contributed by atoms with Crippen LogP contribution in [0.2, 0.25) is 0 Å². The normalized spacial score (nSPS) is 15.4. The highest BCUT2D eigenvalue weighted by Crippen LogP contribution is 2.34. The predicted octanol–water partition coefficient (Wildman–Crippen LogP) is 6.75. The van der Waals surface area contributed by atoms with Gasteiger partial charge in [-0.05, 0) is 83.5 Å². The van der Waals surface area contributed by atoms with Gasteiger partial charge >= 0.3 is 12.1 Å². The third-order valence-corrected chi connectivity index (χ3v) is 9.65. The zero-order chi connectivity index (χ0) is 43.3. The van der Waals surface area contributed by atoms with Crippen molar-refractivity contribution in [3.63, 3.8) is 0 Å². The predicted molar refractivity (Wildman–Crippen MR) is 222 cm³/mol. The molecule has 2 amide bonds. The van der Waals surface area contributed by atoms with Crippen molar-refractivity contribution in [1.82, 2.24) is 14.7 Å². The van der Waals surface area contributed by atoms with Gasteiger partial charge in [0.15, 0.2) is 5.82 Å². The number of hydrogen-bond acceptors (Lipinski definition) is 11. The molecule has 0 radical (unpaired) electrons. The fourth-order valence-corrected chi connectivity index (χ4v) is 6.50. The fraction of sp³-hybridized carbons (Fsp3) is 0.512. The van der Waals surface area contributed by atoms with Crippen LogP contribution in [-0.4, -0.2) is 117 Å². The van der Waals surface area contributed by atoms with Crippen molar-refractivity contribution in [2.75, 3.05) is 88.4 Å². The van der Waals surface area contributed by atoms with Gasteiger partial charge in [-0.1, -0.05) is 17.7 Å². The average Bonchev–Trinajstić information content (AvgIpc) is 3.74. The van der Waals surface area contributed by atoms with E-state index in [1.54, 1.807) is 12.1 Å². The van der Waals surface area contributed by atoms with E-state index in [1.165, 1.54) is 29.1 Å². The number of carbonyl (C=O) groups excluding carboxylic acids is 3. The molecule has 5 rings (SSSR count). The number of nitrogens with zero attached hydrogens (tertiary/aromatic N) is 4. The fourth-order valence-electron chi connectivity index (χ4n) is 6.50. The molecule has 2 aromatic carbocycles. The van der Waals surface area contributed by atoms with Gasteiger partial charge in [0, 0.05) is 56.5 Å². The number of halogens is 3. The second-order valence-electron chi connectivity index (χ2n) is 15.8. The van der Waals surface area contributed by atoms with Gasteiger partial charge in [-0.15, -0.1) is 0 Å². The Bertz CT molecular complexity index is 1970. The highest BCUT2D eigenvalue weighted by Gasteiger charge is 2.31. The van der Waals surface area contributed by atoms with Gasteiger partial charge in [-0.2, -0.15) is 18.3 Å². The number of aromatic nitrogens is 2. The Kier molecular flexibility index (Phi) is 16.4. The number of benzene rings is 2. The Labute approximate surface area is 348 Å². The van der Waals surface area contributed by atoms with Crippen molar-refractivity contribution < 1.29 is 46.5 Å². The number of alkyl halides is 3. The van der Waals surface area contributed by atoms with E-state index >= 15 is 0 Å². The summed E-state index contributed by atoms with van der Waals surface area (Å²) in [6.07, 6.45) is 2.51. The SMILES string of the molecule is CN(CCOCCOCCOCCC(=O)OC(C)(C)C)CC1=CC1CC(=N)C(=O)Nc1ccc(N2CCCCC2)cc1C(=O)Nc1ccn(-c2cccc(C(F)(F)F)c2)n1. The van der Waals surface area contributed by atoms with Crippen molar-refractivity contribution in [2.24, 2.45) is 5.92 Å². The average molecular weight is 840 g/mol. The molecule has 0 saturated carbocycles. The number of likely N-dealkylation sites (N-methyl/N-ethyl adjacent to an activating group) is 1. The highest BCUT2D eigenvalue weighted by molar-refractivity contribution is 6.42. The van der Waals surface area contributed by atoms with Crippen molar-refractivity contribution in [1.29, 1.82) is 5.41 Å². The molecule has 1 aromatic heterocycles. The van der Waals surface area contributed by atoms with Gasteiger partial charge in [-0.3, -0.25) is 19.8 Å². The van der Waals surface area contributed by atoms with Crippen molar-refractivity contribution in [2.45, 2.75) is 64.7 Å². The molecule has 1 atom stereocenters. The highest BCUT2D eigenvalue weighted by atomic mass is 19.4. The van der Waals surface area contributed by atoms with E-state index in [0.717, 1.165) is 55.7 Å². The lowest BCUT2D eigenvalue weighted by Crippen LogP contribution is -2.30.